The van der Waals surface area contributed by atoms with Crippen molar-refractivity contribution in [1.29, 1.82) is 0 Å². The minimum Gasteiger partial charge on any atom is -0.336 e. The average Bonchev–Trinajstić information content (AvgIpc) is 3.06. The Morgan fingerprint density at radius 1 is 1.38 bits per heavy atom. The molecular weight excluding hydrogens is 302 g/mol. The van der Waals surface area contributed by atoms with Crippen molar-refractivity contribution in [1.82, 2.24) is 15.1 Å². The molecule has 1 fully saturated rings. The fourth-order valence-electron chi connectivity index (χ4n) is 2.65. The van der Waals surface area contributed by atoms with Crippen molar-refractivity contribution in [2.45, 2.75) is 19.9 Å². The molecule has 1 aromatic heterocycles. The van der Waals surface area contributed by atoms with Crippen LogP contribution in [0, 0.1) is 0 Å². The normalized spacial score (nSPS) is 17.0. The van der Waals surface area contributed by atoms with E-state index in [0.717, 1.165) is 37.7 Å². The Hall–Kier alpha value is -0.720. The third-order valence-electron chi connectivity index (χ3n) is 3.93. The van der Waals surface area contributed by atoms with Crippen molar-refractivity contribution in [3.05, 3.63) is 22.4 Å². The Kier molecular flexibility index (Phi) is 6.86. The quantitative estimate of drug-likeness (QED) is 0.873. The summed E-state index contributed by atoms with van der Waals surface area (Å²) in [5, 5.41) is 7.42. The number of thiophene rings is 1. The van der Waals surface area contributed by atoms with E-state index in [1.165, 1.54) is 5.56 Å². The summed E-state index contributed by atoms with van der Waals surface area (Å²) in [7, 11) is 0. The van der Waals surface area contributed by atoms with Gasteiger partial charge in [0.2, 0.25) is 0 Å². The molecule has 21 heavy (non-hydrogen) atoms. The van der Waals surface area contributed by atoms with Gasteiger partial charge in [-0.1, -0.05) is 13.8 Å². The van der Waals surface area contributed by atoms with Crippen LogP contribution >= 0.6 is 23.1 Å². The molecule has 1 N–H and O–H groups in total. The first-order valence-electron chi connectivity index (χ1n) is 7.62. The molecule has 2 amide bonds. The Morgan fingerprint density at radius 2 is 2.10 bits per heavy atom. The minimum atomic E-state index is 0.0858. The van der Waals surface area contributed by atoms with Crippen LogP contribution in [-0.2, 0) is 0 Å². The van der Waals surface area contributed by atoms with Gasteiger partial charge in [0.1, 0.15) is 0 Å². The maximum Gasteiger partial charge on any atom is 0.317 e. The first kappa shape index (κ1) is 16.6. The van der Waals surface area contributed by atoms with Gasteiger partial charge in [0.05, 0.1) is 6.04 Å². The summed E-state index contributed by atoms with van der Waals surface area (Å²) in [4.78, 5) is 16.6. The van der Waals surface area contributed by atoms with Crippen molar-refractivity contribution >= 4 is 29.1 Å². The van der Waals surface area contributed by atoms with E-state index in [9.17, 15) is 4.79 Å². The van der Waals surface area contributed by atoms with Crippen molar-refractivity contribution < 1.29 is 4.79 Å². The fraction of sp³-hybridized carbons (Fsp3) is 0.667. The van der Waals surface area contributed by atoms with E-state index in [4.69, 9.17) is 0 Å². The van der Waals surface area contributed by atoms with Crippen LogP contribution in [0.25, 0.3) is 0 Å². The first-order chi connectivity index (χ1) is 10.3. The number of hydrogen-bond acceptors (Lipinski definition) is 4. The van der Waals surface area contributed by atoms with Gasteiger partial charge in [-0.3, -0.25) is 4.90 Å². The number of thioether (sulfide) groups is 1. The lowest BCUT2D eigenvalue weighted by atomic mass is 10.1. The molecule has 118 valence electrons. The number of likely N-dealkylation sites (N-methyl/N-ethyl adjacent to an activating group) is 1. The fourth-order valence-corrected chi connectivity index (χ4v) is 4.26. The Balaban J connectivity index is 1.93. The summed E-state index contributed by atoms with van der Waals surface area (Å²) < 4.78 is 0. The maximum atomic E-state index is 12.3. The number of rotatable bonds is 6. The maximum absolute atomic E-state index is 12.3. The van der Waals surface area contributed by atoms with E-state index >= 15 is 0 Å². The second-order valence-electron chi connectivity index (χ2n) is 5.08. The van der Waals surface area contributed by atoms with Gasteiger partial charge in [0.25, 0.3) is 0 Å². The van der Waals surface area contributed by atoms with Crippen molar-refractivity contribution in [3.63, 3.8) is 0 Å². The van der Waals surface area contributed by atoms with E-state index in [2.05, 4.69) is 40.9 Å². The number of urea groups is 1. The largest absolute Gasteiger partial charge is 0.336 e. The molecule has 0 aliphatic carbocycles. The topological polar surface area (TPSA) is 35.6 Å². The molecule has 2 rings (SSSR count). The minimum absolute atomic E-state index is 0.0858. The van der Waals surface area contributed by atoms with Gasteiger partial charge < -0.3 is 10.2 Å². The molecule has 1 aliphatic heterocycles. The van der Waals surface area contributed by atoms with Gasteiger partial charge in [-0.05, 0) is 35.5 Å². The van der Waals surface area contributed by atoms with Crippen LogP contribution in [0.1, 0.15) is 25.5 Å². The first-order valence-corrected chi connectivity index (χ1v) is 9.72. The average molecular weight is 328 g/mol. The van der Waals surface area contributed by atoms with Crippen LogP contribution in [0.3, 0.4) is 0 Å². The Bertz CT molecular complexity index is 415. The van der Waals surface area contributed by atoms with Crippen LogP contribution in [-0.4, -0.2) is 60.1 Å². The summed E-state index contributed by atoms with van der Waals surface area (Å²) in [6.45, 7) is 8.75. The van der Waals surface area contributed by atoms with Gasteiger partial charge in [-0.2, -0.15) is 23.1 Å². The van der Waals surface area contributed by atoms with Crippen molar-refractivity contribution in [2.75, 3.05) is 44.2 Å². The summed E-state index contributed by atoms with van der Waals surface area (Å²) in [5.74, 6) is 2.11. The molecule has 1 atom stereocenters. The Morgan fingerprint density at radius 3 is 2.67 bits per heavy atom. The summed E-state index contributed by atoms with van der Waals surface area (Å²) in [6.07, 6.45) is 0. The van der Waals surface area contributed by atoms with Crippen molar-refractivity contribution in [2.24, 2.45) is 0 Å². The molecule has 0 spiro atoms. The lowest BCUT2D eigenvalue weighted by Gasteiger charge is -2.31. The number of amides is 2. The van der Waals surface area contributed by atoms with E-state index < -0.39 is 0 Å². The SMILES string of the molecule is CCN(CC)C(CNC(=O)N1CCSCC1)c1ccsc1. The molecule has 2 heterocycles. The highest BCUT2D eigenvalue weighted by molar-refractivity contribution is 7.99. The van der Waals surface area contributed by atoms with Gasteiger partial charge in [0.15, 0.2) is 0 Å². The monoisotopic (exact) mass is 327 g/mol. The second-order valence-corrected chi connectivity index (χ2v) is 7.08. The number of hydrogen-bond donors (Lipinski definition) is 1. The highest BCUT2D eigenvalue weighted by Gasteiger charge is 2.21. The predicted octanol–water partition coefficient (Wildman–Crippen LogP) is 2.89. The van der Waals surface area contributed by atoms with E-state index in [1.807, 2.05) is 16.7 Å². The lowest BCUT2D eigenvalue weighted by Crippen LogP contribution is -2.47. The molecule has 1 saturated heterocycles. The van der Waals surface area contributed by atoms with E-state index in [-0.39, 0.29) is 12.1 Å². The second kappa shape index (κ2) is 8.66. The van der Waals surface area contributed by atoms with Crippen LogP contribution < -0.4 is 5.32 Å². The van der Waals surface area contributed by atoms with Gasteiger partial charge >= 0.3 is 6.03 Å². The predicted molar refractivity (Wildman–Crippen MR) is 92.3 cm³/mol. The lowest BCUT2D eigenvalue weighted by molar-refractivity contribution is 0.186. The zero-order chi connectivity index (χ0) is 15.1. The molecule has 6 heteroatoms. The number of carbonyl (C=O) groups is 1. The van der Waals surface area contributed by atoms with Gasteiger partial charge in [-0.25, -0.2) is 4.79 Å². The van der Waals surface area contributed by atoms with Crippen LogP contribution in [0.15, 0.2) is 16.8 Å². The number of nitrogens with zero attached hydrogens (tertiary/aromatic N) is 2. The molecule has 1 aliphatic rings. The smallest absolute Gasteiger partial charge is 0.317 e. The Labute approximate surface area is 135 Å². The molecule has 1 aromatic rings. The van der Waals surface area contributed by atoms with Crippen LogP contribution in [0.2, 0.25) is 0 Å². The standard InChI is InChI=1S/C15H25N3OS2/c1-3-17(4-2)14(13-5-8-21-12-13)11-16-15(19)18-6-9-20-10-7-18/h5,8,12,14H,3-4,6-7,9-11H2,1-2H3,(H,16,19). The van der Waals surface area contributed by atoms with Crippen LogP contribution in [0.5, 0.6) is 0 Å². The zero-order valence-corrected chi connectivity index (χ0v) is 14.5. The molecule has 4 nitrogen and oxygen atoms in total. The number of carbonyl (C=O) groups excluding carboxylic acids is 1. The third kappa shape index (κ3) is 4.63. The number of nitrogens with one attached hydrogen (secondary N) is 1. The molecule has 0 bridgehead atoms. The highest BCUT2D eigenvalue weighted by Crippen LogP contribution is 2.22. The highest BCUT2D eigenvalue weighted by atomic mass is 32.2. The van der Waals surface area contributed by atoms with E-state index in [1.54, 1.807) is 11.3 Å². The molecule has 1 unspecified atom stereocenters. The molecular formula is C15H25N3OS2. The summed E-state index contributed by atoms with van der Waals surface area (Å²) in [6, 6.07) is 2.52. The molecule has 0 aromatic carbocycles. The van der Waals surface area contributed by atoms with E-state index in [0.29, 0.717) is 6.54 Å². The zero-order valence-electron chi connectivity index (χ0n) is 12.9. The van der Waals surface area contributed by atoms with Gasteiger partial charge in [-0.15, -0.1) is 0 Å². The van der Waals surface area contributed by atoms with Crippen molar-refractivity contribution in [3.8, 4) is 0 Å². The summed E-state index contributed by atoms with van der Waals surface area (Å²) in [5.41, 5.74) is 1.30. The third-order valence-corrected chi connectivity index (χ3v) is 5.57. The van der Waals surface area contributed by atoms with Gasteiger partial charge in [0, 0.05) is 31.1 Å². The van der Waals surface area contributed by atoms with Crippen LogP contribution in [0.4, 0.5) is 4.79 Å². The molecule has 0 radical (unpaired) electrons. The molecule has 0 saturated carbocycles. The summed E-state index contributed by atoms with van der Waals surface area (Å²) >= 11 is 3.64.